The van der Waals surface area contributed by atoms with Crippen LogP contribution in [0, 0.1) is 0 Å². The summed E-state index contributed by atoms with van der Waals surface area (Å²) in [6.45, 7) is 2.35. The molecule has 0 aliphatic rings. The summed E-state index contributed by atoms with van der Waals surface area (Å²) in [4.78, 5) is 12.8. The van der Waals surface area contributed by atoms with Crippen LogP contribution in [-0.4, -0.2) is 35.4 Å². The Balaban J connectivity index is 1.28. The van der Waals surface area contributed by atoms with Gasteiger partial charge in [-0.15, -0.1) is 5.10 Å². The van der Waals surface area contributed by atoms with Gasteiger partial charge in [0.15, 0.2) is 5.76 Å². The minimum absolute atomic E-state index is 0.0989. The smallest absolute Gasteiger partial charge is 0.322 e. The number of carbonyl (C=O) groups excluding carboxylic acids is 1. The standard InChI is InChI=1S/C26H22N4O5S/c1-2-30(17-18-8-4-3-5-9-18)36(32,33)21-14-12-19(13-15-21)24(31)27-26-29-28-25(35-26)23-16-20-10-6-7-11-22(20)34-23/h3-16H,2,17H2,1H3,(H,27,29,31). The van der Waals surface area contributed by atoms with E-state index in [1.165, 1.54) is 28.6 Å². The Kier molecular flexibility index (Phi) is 6.36. The van der Waals surface area contributed by atoms with Crippen molar-refractivity contribution in [2.75, 3.05) is 11.9 Å². The molecular weight excluding hydrogens is 480 g/mol. The summed E-state index contributed by atoms with van der Waals surface area (Å²) < 4.78 is 38.9. The van der Waals surface area contributed by atoms with Crippen LogP contribution in [0.2, 0.25) is 0 Å². The first kappa shape index (κ1) is 23.5. The number of fused-ring (bicyclic) bond motifs is 1. The molecular formula is C26H22N4O5S. The van der Waals surface area contributed by atoms with Crippen molar-refractivity contribution in [2.24, 2.45) is 0 Å². The number of hydrogen-bond donors (Lipinski definition) is 1. The molecule has 0 saturated heterocycles. The number of nitrogens with one attached hydrogen (secondary N) is 1. The molecule has 9 nitrogen and oxygen atoms in total. The molecule has 5 rings (SSSR count). The first-order valence-corrected chi connectivity index (χ1v) is 12.7. The summed E-state index contributed by atoms with van der Waals surface area (Å²) in [7, 11) is -3.74. The number of sulfonamides is 1. The summed E-state index contributed by atoms with van der Waals surface area (Å²) in [6, 6.07) is 24.2. The van der Waals surface area contributed by atoms with E-state index < -0.39 is 15.9 Å². The van der Waals surface area contributed by atoms with Crippen LogP contribution in [0.1, 0.15) is 22.8 Å². The highest BCUT2D eigenvalue weighted by Gasteiger charge is 2.24. The Morgan fingerprint density at radius 3 is 2.36 bits per heavy atom. The second kappa shape index (κ2) is 9.76. The molecule has 182 valence electrons. The van der Waals surface area contributed by atoms with Gasteiger partial charge in [0.1, 0.15) is 5.58 Å². The average molecular weight is 503 g/mol. The fraction of sp³-hybridized carbons (Fsp3) is 0.115. The van der Waals surface area contributed by atoms with Crippen LogP contribution in [0.15, 0.2) is 98.7 Å². The highest BCUT2D eigenvalue weighted by Crippen LogP contribution is 2.27. The van der Waals surface area contributed by atoms with Crippen LogP contribution in [0.4, 0.5) is 6.01 Å². The number of para-hydroxylation sites is 1. The molecule has 0 saturated carbocycles. The molecule has 3 aromatic carbocycles. The third kappa shape index (κ3) is 4.77. The molecule has 36 heavy (non-hydrogen) atoms. The van der Waals surface area contributed by atoms with Crippen molar-refractivity contribution in [3.63, 3.8) is 0 Å². The molecule has 10 heteroatoms. The topological polar surface area (TPSA) is 119 Å². The lowest BCUT2D eigenvalue weighted by atomic mass is 10.2. The Morgan fingerprint density at radius 1 is 0.917 bits per heavy atom. The molecule has 0 aliphatic heterocycles. The molecule has 0 aliphatic carbocycles. The Labute approximate surface area is 207 Å². The lowest BCUT2D eigenvalue weighted by Crippen LogP contribution is -2.30. The van der Waals surface area contributed by atoms with Crippen LogP contribution < -0.4 is 5.32 Å². The molecule has 1 N–H and O–H groups in total. The normalized spacial score (nSPS) is 11.7. The molecule has 0 fully saturated rings. The van der Waals surface area contributed by atoms with Gasteiger partial charge in [0.25, 0.3) is 11.8 Å². The van der Waals surface area contributed by atoms with Crippen molar-refractivity contribution >= 4 is 32.9 Å². The first-order chi connectivity index (χ1) is 17.4. The van der Waals surface area contributed by atoms with Gasteiger partial charge in [-0.1, -0.05) is 60.6 Å². The van der Waals surface area contributed by atoms with E-state index in [-0.39, 0.29) is 28.9 Å². The van der Waals surface area contributed by atoms with Gasteiger partial charge in [-0.3, -0.25) is 10.1 Å². The van der Waals surface area contributed by atoms with Crippen LogP contribution in [0.3, 0.4) is 0 Å². The second-order valence-electron chi connectivity index (χ2n) is 7.96. The number of carbonyl (C=O) groups is 1. The molecule has 5 aromatic rings. The van der Waals surface area contributed by atoms with Crippen molar-refractivity contribution in [1.82, 2.24) is 14.5 Å². The summed E-state index contributed by atoms with van der Waals surface area (Å²) >= 11 is 0. The van der Waals surface area contributed by atoms with E-state index in [1.807, 2.05) is 54.6 Å². The zero-order valence-corrected chi connectivity index (χ0v) is 20.1. The van der Waals surface area contributed by atoms with Crippen LogP contribution in [0.25, 0.3) is 22.6 Å². The van der Waals surface area contributed by atoms with E-state index in [0.717, 1.165) is 10.9 Å². The number of amides is 1. The maximum atomic E-state index is 13.1. The van der Waals surface area contributed by atoms with Gasteiger partial charge < -0.3 is 8.83 Å². The third-order valence-electron chi connectivity index (χ3n) is 5.59. The molecule has 1 amide bonds. The van der Waals surface area contributed by atoms with Crippen molar-refractivity contribution in [2.45, 2.75) is 18.4 Å². The first-order valence-electron chi connectivity index (χ1n) is 11.2. The predicted octanol–water partition coefficient (Wildman–Crippen LogP) is 4.95. The molecule has 2 aromatic heterocycles. The van der Waals surface area contributed by atoms with E-state index >= 15 is 0 Å². The molecule has 0 unspecified atom stereocenters. The van der Waals surface area contributed by atoms with E-state index in [4.69, 9.17) is 8.83 Å². The van der Waals surface area contributed by atoms with E-state index in [1.54, 1.807) is 13.0 Å². The van der Waals surface area contributed by atoms with E-state index in [0.29, 0.717) is 17.9 Å². The van der Waals surface area contributed by atoms with Crippen LogP contribution >= 0.6 is 0 Å². The van der Waals surface area contributed by atoms with Crippen LogP contribution in [-0.2, 0) is 16.6 Å². The van der Waals surface area contributed by atoms with E-state index in [2.05, 4.69) is 15.5 Å². The number of nitrogens with zero attached hydrogens (tertiary/aromatic N) is 3. The zero-order chi connectivity index (χ0) is 25.1. The summed E-state index contributed by atoms with van der Waals surface area (Å²) in [5.41, 5.74) is 1.81. The van der Waals surface area contributed by atoms with Crippen molar-refractivity contribution in [3.8, 4) is 11.7 Å². The molecule has 2 heterocycles. The number of aromatic nitrogens is 2. The lowest BCUT2D eigenvalue weighted by molar-refractivity contribution is 0.102. The maximum Gasteiger partial charge on any atom is 0.322 e. The monoisotopic (exact) mass is 502 g/mol. The van der Waals surface area contributed by atoms with E-state index in [9.17, 15) is 13.2 Å². The maximum absolute atomic E-state index is 13.1. The number of anilines is 1. The summed E-state index contributed by atoms with van der Waals surface area (Å²) in [5.74, 6) is -0.00820. The number of rotatable bonds is 8. The average Bonchev–Trinajstić information content (AvgIpc) is 3.55. The van der Waals surface area contributed by atoms with Gasteiger partial charge in [0, 0.05) is 24.0 Å². The summed E-state index contributed by atoms with van der Waals surface area (Å²) in [6.07, 6.45) is 0. The number of hydrogen-bond acceptors (Lipinski definition) is 7. The van der Waals surface area contributed by atoms with Gasteiger partial charge in [0.2, 0.25) is 10.0 Å². The molecule has 0 atom stereocenters. The van der Waals surface area contributed by atoms with Gasteiger partial charge in [-0.25, -0.2) is 8.42 Å². The minimum atomic E-state index is -3.74. The minimum Gasteiger partial charge on any atom is -0.451 e. The predicted molar refractivity (Wildman–Crippen MR) is 134 cm³/mol. The van der Waals surface area contributed by atoms with Gasteiger partial charge in [-0.05, 0) is 42.0 Å². The molecule has 0 radical (unpaired) electrons. The van der Waals surface area contributed by atoms with Crippen molar-refractivity contribution < 1.29 is 22.0 Å². The van der Waals surface area contributed by atoms with Gasteiger partial charge in [0.05, 0.1) is 4.90 Å². The quantitative estimate of drug-likeness (QED) is 0.319. The molecule has 0 spiro atoms. The fourth-order valence-corrected chi connectivity index (χ4v) is 5.15. The van der Waals surface area contributed by atoms with Crippen molar-refractivity contribution in [3.05, 3.63) is 96.1 Å². The van der Waals surface area contributed by atoms with Crippen LogP contribution in [0.5, 0.6) is 0 Å². The lowest BCUT2D eigenvalue weighted by Gasteiger charge is -2.20. The Morgan fingerprint density at radius 2 is 1.64 bits per heavy atom. The van der Waals surface area contributed by atoms with Crippen molar-refractivity contribution in [1.29, 1.82) is 0 Å². The summed E-state index contributed by atoms with van der Waals surface area (Å²) in [5, 5.41) is 11.2. The molecule has 0 bridgehead atoms. The largest absolute Gasteiger partial charge is 0.451 e. The third-order valence-corrected chi connectivity index (χ3v) is 7.53. The Bertz CT molecular complexity index is 1580. The highest BCUT2D eigenvalue weighted by molar-refractivity contribution is 7.89. The van der Waals surface area contributed by atoms with Gasteiger partial charge >= 0.3 is 6.01 Å². The number of benzene rings is 3. The zero-order valence-electron chi connectivity index (χ0n) is 19.3. The highest BCUT2D eigenvalue weighted by atomic mass is 32.2. The number of furan rings is 1. The Hall–Kier alpha value is -4.28. The fourth-order valence-electron chi connectivity index (χ4n) is 3.71. The van der Waals surface area contributed by atoms with Gasteiger partial charge in [-0.2, -0.15) is 4.31 Å². The SMILES string of the molecule is CCN(Cc1ccccc1)S(=O)(=O)c1ccc(C(=O)Nc2nnc(-c3cc4ccccc4o3)o2)cc1. The second-order valence-corrected chi connectivity index (χ2v) is 9.89.